The first-order valence-electron chi connectivity index (χ1n) is 14.0. The standard InChI is InChI=1S/C32H37NO3S/c1-20-9-10-22-16-25-30-11-12-32(34-4,28-31(30,13-14-33(25)3)26(22)27(20)36-28)29(2,18-30)19-35-17-23-15-21-7-5-6-8-24(21)37-23/h5-10,15,25,28H,11-14,16-19H2,1-4H3/t25-,28-,29-,30-,31+,32?/m1/s1. The van der Waals surface area contributed by atoms with Gasteiger partial charge in [-0.25, -0.2) is 0 Å². The van der Waals surface area contributed by atoms with E-state index in [1.165, 1.54) is 38.3 Å². The Hall–Kier alpha value is -1.92. The van der Waals surface area contributed by atoms with E-state index in [9.17, 15) is 0 Å². The molecule has 1 saturated heterocycles. The van der Waals surface area contributed by atoms with Crippen molar-refractivity contribution in [2.45, 2.75) is 75.7 Å². The number of ether oxygens (including phenoxy) is 3. The molecule has 6 aliphatic rings. The van der Waals surface area contributed by atoms with E-state index in [0.29, 0.717) is 19.3 Å². The summed E-state index contributed by atoms with van der Waals surface area (Å²) >= 11 is 1.85. The molecule has 3 aromatic rings. The van der Waals surface area contributed by atoms with Crippen LogP contribution >= 0.6 is 11.3 Å². The molecule has 2 aliphatic heterocycles. The summed E-state index contributed by atoms with van der Waals surface area (Å²) in [5.41, 5.74) is 4.14. The van der Waals surface area contributed by atoms with Crippen LogP contribution < -0.4 is 4.74 Å². The number of nitrogens with zero attached hydrogens (tertiary/aromatic N) is 1. The van der Waals surface area contributed by atoms with Gasteiger partial charge in [0.1, 0.15) is 17.5 Å². The van der Waals surface area contributed by atoms with Gasteiger partial charge in [0.25, 0.3) is 0 Å². The second kappa shape index (κ2) is 7.38. The van der Waals surface area contributed by atoms with Crippen molar-refractivity contribution in [2.75, 3.05) is 27.3 Å². The lowest BCUT2D eigenvalue weighted by Crippen LogP contribution is -2.83. The molecular weight excluding hydrogens is 478 g/mol. The summed E-state index contributed by atoms with van der Waals surface area (Å²) in [6.45, 7) is 7.17. The lowest BCUT2D eigenvalue weighted by atomic mass is 9.32. The van der Waals surface area contributed by atoms with Gasteiger partial charge >= 0.3 is 0 Å². The average molecular weight is 516 g/mol. The van der Waals surface area contributed by atoms with E-state index in [1.807, 2.05) is 18.4 Å². The predicted molar refractivity (Wildman–Crippen MR) is 148 cm³/mol. The number of likely N-dealkylation sites (N-methyl/N-ethyl adjacent to an activating group) is 1. The van der Waals surface area contributed by atoms with Gasteiger partial charge < -0.3 is 19.1 Å². The highest BCUT2D eigenvalue weighted by molar-refractivity contribution is 7.19. The molecule has 4 fully saturated rings. The zero-order chi connectivity index (χ0) is 25.2. The Labute approximate surface area is 223 Å². The first-order valence-corrected chi connectivity index (χ1v) is 14.8. The van der Waals surface area contributed by atoms with Gasteiger partial charge in [0.15, 0.2) is 0 Å². The first kappa shape index (κ1) is 23.0. The van der Waals surface area contributed by atoms with Gasteiger partial charge in [0.05, 0.1) is 13.2 Å². The molecule has 3 heterocycles. The van der Waals surface area contributed by atoms with Crippen LogP contribution in [0, 0.1) is 17.8 Å². The maximum atomic E-state index is 7.17. The van der Waals surface area contributed by atoms with Crippen molar-refractivity contribution in [1.29, 1.82) is 0 Å². The lowest BCUT2D eigenvalue weighted by molar-refractivity contribution is -0.312. The molecule has 4 aliphatic carbocycles. The number of thiophene rings is 1. The molecule has 6 atom stereocenters. The van der Waals surface area contributed by atoms with Gasteiger partial charge in [0, 0.05) is 44.5 Å². The molecule has 1 aromatic heterocycles. The van der Waals surface area contributed by atoms with Gasteiger partial charge in [-0.3, -0.25) is 0 Å². The highest BCUT2D eigenvalue weighted by Gasteiger charge is 2.82. The van der Waals surface area contributed by atoms with Crippen LogP contribution in [0.5, 0.6) is 5.75 Å². The van der Waals surface area contributed by atoms with Crippen molar-refractivity contribution in [3.63, 3.8) is 0 Å². The fourth-order valence-electron chi connectivity index (χ4n) is 10.1. The van der Waals surface area contributed by atoms with Crippen LogP contribution in [-0.2, 0) is 27.9 Å². The zero-order valence-corrected chi connectivity index (χ0v) is 23.2. The molecule has 3 saturated carbocycles. The van der Waals surface area contributed by atoms with Crippen molar-refractivity contribution in [3.05, 3.63) is 64.0 Å². The number of hydrogen-bond donors (Lipinski definition) is 0. The Morgan fingerprint density at radius 2 is 2.00 bits per heavy atom. The summed E-state index contributed by atoms with van der Waals surface area (Å²) in [5.74, 6) is 1.17. The third-order valence-corrected chi connectivity index (χ3v) is 12.6. The van der Waals surface area contributed by atoms with Crippen LogP contribution in [0.1, 0.15) is 54.2 Å². The van der Waals surface area contributed by atoms with Crippen LogP contribution in [0.3, 0.4) is 0 Å². The summed E-state index contributed by atoms with van der Waals surface area (Å²) in [5, 5.41) is 1.31. The zero-order valence-electron chi connectivity index (χ0n) is 22.4. The Morgan fingerprint density at radius 1 is 1.14 bits per heavy atom. The number of hydrogen-bond acceptors (Lipinski definition) is 5. The van der Waals surface area contributed by atoms with Gasteiger partial charge in [0.2, 0.25) is 0 Å². The second-order valence-corrected chi connectivity index (χ2v) is 14.1. The Morgan fingerprint density at radius 3 is 2.84 bits per heavy atom. The van der Waals surface area contributed by atoms with Crippen molar-refractivity contribution in [1.82, 2.24) is 4.90 Å². The summed E-state index contributed by atoms with van der Waals surface area (Å²) < 4.78 is 21.9. The van der Waals surface area contributed by atoms with Crippen LogP contribution in [0.15, 0.2) is 42.5 Å². The van der Waals surface area contributed by atoms with Gasteiger partial charge in [-0.15, -0.1) is 11.3 Å². The minimum absolute atomic E-state index is 0.0526. The Bertz CT molecular complexity index is 1400. The molecule has 0 radical (unpaired) electrons. The number of piperidine rings is 1. The highest BCUT2D eigenvalue weighted by Crippen LogP contribution is 2.78. The molecule has 2 aromatic carbocycles. The van der Waals surface area contributed by atoms with E-state index in [4.69, 9.17) is 14.2 Å². The minimum atomic E-state index is -0.352. The molecule has 194 valence electrons. The summed E-state index contributed by atoms with van der Waals surface area (Å²) in [6, 6.07) is 16.1. The molecular formula is C32H37NO3S. The maximum Gasteiger partial charge on any atom is 0.139 e. The molecule has 2 spiro atoms. The Kier molecular flexibility index (Phi) is 4.59. The summed E-state index contributed by atoms with van der Waals surface area (Å²) in [7, 11) is 4.30. The maximum absolute atomic E-state index is 7.17. The highest BCUT2D eigenvalue weighted by atomic mass is 32.1. The normalized spacial score (nSPS) is 39.1. The quantitative estimate of drug-likeness (QED) is 0.401. The van der Waals surface area contributed by atoms with E-state index in [-0.39, 0.29) is 27.9 Å². The number of likely N-dealkylation sites (tertiary alicyclic amines) is 1. The molecule has 4 bridgehead atoms. The summed E-state index contributed by atoms with van der Waals surface area (Å²) in [6.07, 6.45) is 5.76. The largest absolute Gasteiger partial charge is 0.486 e. The molecule has 4 nitrogen and oxygen atoms in total. The molecule has 0 N–H and O–H groups in total. The molecule has 5 heteroatoms. The number of benzene rings is 2. The van der Waals surface area contributed by atoms with Crippen molar-refractivity contribution in [2.24, 2.45) is 10.8 Å². The van der Waals surface area contributed by atoms with E-state index < -0.39 is 0 Å². The predicted octanol–water partition coefficient (Wildman–Crippen LogP) is 6.26. The third kappa shape index (κ3) is 2.56. The van der Waals surface area contributed by atoms with Crippen molar-refractivity contribution < 1.29 is 14.2 Å². The third-order valence-electron chi connectivity index (χ3n) is 11.5. The van der Waals surface area contributed by atoms with Gasteiger partial charge in [-0.1, -0.05) is 37.3 Å². The van der Waals surface area contributed by atoms with E-state index in [0.717, 1.165) is 32.2 Å². The number of fused-ring (bicyclic) bond motifs is 3. The van der Waals surface area contributed by atoms with E-state index in [1.54, 1.807) is 5.56 Å². The fourth-order valence-corrected chi connectivity index (χ4v) is 11.1. The SMILES string of the molecule is COC12CC[C@@]3(C[C@]1(C)COCc1cc4ccccc4s1)[C@H]1Cc4ccc(C)c5c4[C@@]3(CCN1C)[C@H]2O5. The molecule has 37 heavy (non-hydrogen) atoms. The van der Waals surface area contributed by atoms with E-state index in [2.05, 4.69) is 68.3 Å². The monoisotopic (exact) mass is 515 g/mol. The van der Waals surface area contributed by atoms with Crippen molar-refractivity contribution >= 4 is 21.4 Å². The molecule has 9 rings (SSSR count). The minimum Gasteiger partial charge on any atom is -0.486 e. The number of rotatable bonds is 5. The van der Waals surface area contributed by atoms with Crippen LogP contribution in [0.4, 0.5) is 0 Å². The van der Waals surface area contributed by atoms with Gasteiger partial charge in [-0.05, 0) is 81.3 Å². The van der Waals surface area contributed by atoms with Gasteiger partial charge in [-0.2, -0.15) is 0 Å². The average Bonchev–Trinajstić information content (AvgIpc) is 3.47. The smallest absolute Gasteiger partial charge is 0.139 e. The second-order valence-electron chi connectivity index (χ2n) is 12.9. The first-order chi connectivity index (χ1) is 17.9. The van der Waals surface area contributed by atoms with Crippen LogP contribution in [-0.4, -0.2) is 50.0 Å². The lowest BCUT2D eigenvalue weighted by Gasteiger charge is -2.76. The topological polar surface area (TPSA) is 30.9 Å². The van der Waals surface area contributed by atoms with Crippen LogP contribution in [0.2, 0.25) is 0 Å². The summed E-state index contributed by atoms with van der Waals surface area (Å²) in [4.78, 5) is 3.97. The number of aryl methyl sites for hydroxylation is 1. The fraction of sp³-hybridized carbons (Fsp3) is 0.562. The van der Waals surface area contributed by atoms with Crippen molar-refractivity contribution in [3.8, 4) is 5.75 Å². The number of methoxy groups -OCH3 is 1. The Balaban J connectivity index is 1.21. The molecule has 1 unspecified atom stereocenters. The van der Waals surface area contributed by atoms with E-state index >= 15 is 0 Å². The van der Waals surface area contributed by atoms with Crippen LogP contribution in [0.25, 0.3) is 10.1 Å². The molecule has 0 amide bonds.